The van der Waals surface area contributed by atoms with Gasteiger partial charge in [-0.05, 0) is 43.9 Å². The predicted octanol–water partition coefficient (Wildman–Crippen LogP) is 3.52. The normalized spacial score (nSPS) is 13.3. The summed E-state index contributed by atoms with van der Waals surface area (Å²) in [6.07, 6.45) is 5.15. The molecule has 3 rings (SSSR count). The molecule has 0 saturated carbocycles. The van der Waals surface area contributed by atoms with E-state index >= 15 is 0 Å². The molecule has 0 atom stereocenters. The van der Waals surface area contributed by atoms with Crippen molar-refractivity contribution in [2.24, 2.45) is 0 Å². The largest absolute Gasteiger partial charge is 0.347 e. The molecule has 0 aliphatic heterocycles. The number of fused-ring (bicyclic) bond motifs is 1. The SMILES string of the molecule is Cc1cc(Cl)c(C(=O)NCc2cc3c(s2)CCC3)cn1. The summed E-state index contributed by atoms with van der Waals surface area (Å²) in [7, 11) is 0. The number of pyridine rings is 1. The summed E-state index contributed by atoms with van der Waals surface area (Å²) >= 11 is 7.87. The van der Waals surface area contributed by atoms with Gasteiger partial charge in [-0.2, -0.15) is 0 Å². The Kier molecular flexibility index (Phi) is 3.76. The van der Waals surface area contributed by atoms with Crippen molar-refractivity contribution in [3.05, 3.63) is 49.9 Å². The van der Waals surface area contributed by atoms with E-state index in [2.05, 4.69) is 16.4 Å². The molecule has 2 aromatic rings. The number of nitrogens with zero attached hydrogens (tertiary/aromatic N) is 1. The number of aromatic nitrogens is 1. The minimum Gasteiger partial charge on any atom is -0.347 e. The Labute approximate surface area is 127 Å². The molecule has 0 saturated heterocycles. The molecule has 2 aromatic heterocycles. The zero-order chi connectivity index (χ0) is 14.1. The molecule has 2 heterocycles. The van der Waals surface area contributed by atoms with Gasteiger partial charge in [-0.3, -0.25) is 9.78 Å². The number of carbonyl (C=O) groups is 1. The molecule has 104 valence electrons. The van der Waals surface area contributed by atoms with E-state index in [1.54, 1.807) is 17.4 Å². The lowest BCUT2D eigenvalue weighted by Gasteiger charge is -2.06. The quantitative estimate of drug-likeness (QED) is 0.942. The first-order valence-electron chi connectivity index (χ1n) is 6.64. The molecule has 20 heavy (non-hydrogen) atoms. The Hall–Kier alpha value is -1.39. The summed E-state index contributed by atoms with van der Waals surface area (Å²) in [5.41, 5.74) is 2.69. The van der Waals surface area contributed by atoms with Crippen LogP contribution in [0.15, 0.2) is 18.3 Å². The number of halogens is 1. The van der Waals surface area contributed by atoms with Gasteiger partial charge in [-0.25, -0.2) is 0 Å². The number of thiophene rings is 1. The number of nitrogens with one attached hydrogen (secondary N) is 1. The van der Waals surface area contributed by atoms with Crippen LogP contribution in [0.5, 0.6) is 0 Å². The molecule has 0 radical (unpaired) electrons. The Bertz CT molecular complexity index is 644. The summed E-state index contributed by atoms with van der Waals surface area (Å²) in [4.78, 5) is 18.9. The van der Waals surface area contributed by atoms with Crippen LogP contribution in [0.25, 0.3) is 0 Å². The van der Waals surface area contributed by atoms with Crippen molar-refractivity contribution in [2.75, 3.05) is 0 Å². The molecule has 1 aliphatic rings. The molecule has 1 aliphatic carbocycles. The summed E-state index contributed by atoms with van der Waals surface area (Å²) in [6.45, 7) is 2.40. The third kappa shape index (κ3) is 2.72. The Balaban J connectivity index is 1.66. The van der Waals surface area contributed by atoms with Crippen LogP contribution in [0.4, 0.5) is 0 Å². The maximum absolute atomic E-state index is 12.1. The lowest BCUT2D eigenvalue weighted by atomic mass is 10.2. The van der Waals surface area contributed by atoms with E-state index in [4.69, 9.17) is 11.6 Å². The van der Waals surface area contributed by atoms with E-state index in [9.17, 15) is 4.79 Å². The second kappa shape index (κ2) is 5.54. The smallest absolute Gasteiger partial charge is 0.254 e. The van der Waals surface area contributed by atoms with E-state index < -0.39 is 0 Å². The molecular formula is C15H15ClN2OS. The van der Waals surface area contributed by atoms with E-state index in [0.29, 0.717) is 17.1 Å². The molecular weight excluding hydrogens is 292 g/mol. The molecule has 5 heteroatoms. The van der Waals surface area contributed by atoms with Gasteiger partial charge in [-0.15, -0.1) is 11.3 Å². The Morgan fingerprint density at radius 1 is 1.45 bits per heavy atom. The fraction of sp³-hybridized carbons (Fsp3) is 0.333. The van der Waals surface area contributed by atoms with Gasteiger partial charge in [0, 0.05) is 21.6 Å². The molecule has 0 bridgehead atoms. The molecule has 1 N–H and O–H groups in total. The van der Waals surface area contributed by atoms with Crippen LogP contribution < -0.4 is 5.32 Å². The van der Waals surface area contributed by atoms with Crippen LogP contribution in [-0.2, 0) is 19.4 Å². The summed E-state index contributed by atoms with van der Waals surface area (Å²) in [5.74, 6) is -0.170. The van der Waals surface area contributed by atoms with E-state index in [0.717, 1.165) is 5.69 Å². The number of aryl methyl sites for hydroxylation is 3. The third-order valence-corrected chi connectivity index (χ3v) is 5.01. The first-order valence-corrected chi connectivity index (χ1v) is 7.84. The van der Waals surface area contributed by atoms with Gasteiger partial charge in [0.05, 0.1) is 17.1 Å². The van der Waals surface area contributed by atoms with Gasteiger partial charge < -0.3 is 5.32 Å². The molecule has 3 nitrogen and oxygen atoms in total. The molecule has 0 spiro atoms. The first kappa shape index (κ1) is 13.6. The minimum atomic E-state index is -0.170. The third-order valence-electron chi connectivity index (χ3n) is 3.46. The highest BCUT2D eigenvalue weighted by Gasteiger charge is 2.16. The zero-order valence-electron chi connectivity index (χ0n) is 11.2. The standard InChI is InChI=1S/C15H15ClN2OS/c1-9-5-13(16)12(8-17-9)15(19)18-7-11-6-10-3-2-4-14(10)20-11/h5-6,8H,2-4,7H2,1H3,(H,18,19). The fourth-order valence-corrected chi connectivity index (χ4v) is 3.93. The van der Waals surface area contributed by atoms with Crippen molar-refractivity contribution in [3.8, 4) is 0 Å². The van der Waals surface area contributed by atoms with Crippen molar-refractivity contribution in [1.82, 2.24) is 10.3 Å². The molecule has 0 fully saturated rings. The van der Waals surface area contributed by atoms with Crippen molar-refractivity contribution in [2.45, 2.75) is 32.7 Å². The van der Waals surface area contributed by atoms with Crippen molar-refractivity contribution >= 4 is 28.8 Å². The number of carbonyl (C=O) groups excluding carboxylic acids is 1. The number of hydrogen-bond acceptors (Lipinski definition) is 3. The van der Waals surface area contributed by atoms with E-state index in [-0.39, 0.29) is 5.91 Å². The van der Waals surface area contributed by atoms with Gasteiger partial charge in [-0.1, -0.05) is 11.6 Å². The fourth-order valence-electron chi connectivity index (χ4n) is 2.43. The van der Waals surface area contributed by atoms with Gasteiger partial charge in [0.25, 0.3) is 5.91 Å². The van der Waals surface area contributed by atoms with Crippen LogP contribution in [0.1, 0.15) is 37.8 Å². The minimum absolute atomic E-state index is 0.170. The van der Waals surface area contributed by atoms with E-state index in [1.165, 1.54) is 40.8 Å². The van der Waals surface area contributed by atoms with Gasteiger partial charge >= 0.3 is 0 Å². The number of amides is 1. The molecule has 1 amide bonds. The summed E-state index contributed by atoms with van der Waals surface area (Å²) < 4.78 is 0. The van der Waals surface area contributed by atoms with Crippen molar-refractivity contribution in [1.29, 1.82) is 0 Å². The summed E-state index contributed by atoms with van der Waals surface area (Å²) in [5, 5.41) is 3.36. The second-order valence-corrected chi connectivity index (χ2v) is 6.63. The van der Waals surface area contributed by atoms with Gasteiger partial charge in [0.1, 0.15) is 0 Å². The van der Waals surface area contributed by atoms with Crippen LogP contribution in [-0.4, -0.2) is 10.9 Å². The van der Waals surface area contributed by atoms with Crippen molar-refractivity contribution in [3.63, 3.8) is 0 Å². The first-order chi connectivity index (χ1) is 9.63. The van der Waals surface area contributed by atoms with Crippen LogP contribution in [0.2, 0.25) is 5.02 Å². The average Bonchev–Trinajstić information content (AvgIpc) is 2.96. The lowest BCUT2D eigenvalue weighted by Crippen LogP contribution is -2.22. The highest BCUT2D eigenvalue weighted by atomic mass is 35.5. The number of hydrogen-bond donors (Lipinski definition) is 1. The maximum Gasteiger partial charge on any atom is 0.254 e. The predicted molar refractivity (Wildman–Crippen MR) is 81.5 cm³/mol. The van der Waals surface area contributed by atoms with Crippen LogP contribution >= 0.6 is 22.9 Å². The Morgan fingerprint density at radius 3 is 3.05 bits per heavy atom. The molecule has 0 unspecified atom stereocenters. The number of rotatable bonds is 3. The lowest BCUT2D eigenvalue weighted by molar-refractivity contribution is 0.0951. The Morgan fingerprint density at radius 2 is 2.30 bits per heavy atom. The van der Waals surface area contributed by atoms with Crippen molar-refractivity contribution < 1.29 is 4.79 Å². The van der Waals surface area contributed by atoms with Gasteiger partial charge in [0.15, 0.2) is 0 Å². The zero-order valence-corrected chi connectivity index (χ0v) is 12.8. The summed E-state index contributed by atoms with van der Waals surface area (Å²) in [6, 6.07) is 3.92. The maximum atomic E-state index is 12.1. The van der Waals surface area contributed by atoms with Gasteiger partial charge in [0.2, 0.25) is 0 Å². The molecule has 0 aromatic carbocycles. The highest BCUT2D eigenvalue weighted by Crippen LogP contribution is 2.30. The topological polar surface area (TPSA) is 42.0 Å². The average molecular weight is 307 g/mol. The monoisotopic (exact) mass is 306 g/mol. The van der Waals surface area contributed by atoms with E-state index in [1.807, 2.05) is 6.92 Å². The van der Waals surface area contributed by atoms with Crippen LogP contribution in [0, 0.1) is 6.92 Å². The second-order valence-electron chi connectivity index (χ2n) is 5.00. The van der Waals surface area contributed by atoms with Crippen LogP contribution in [0.3, 0.4) is 0 Å². The highest BCUT2D eigenvalue weighted by molar-refractivity contribution is 7.12.